The molecule has 0 spiro atoms. The van der Waals surface area contributed by atoms with Crippen LogP contribution < -0.4 is 0 Å². The van der Waals surface area contributed by atoms with Crippen LogP contribution in [0.5, 0.6) is 0 Å². The van der Waals surface area contributed by atoms with E-state index in [1.807, 2.05) is 0 Å². The van der Waals surface area contributed by atoms with Crippen LogP contribution in [0.1, 0.15) is 6.42 Å². The Balaban J connectivity index is 1.68. The first-order valence-corrected chi connectivity index (χ1v) is 12.5. The molecular formula is C23H46N2O8. The minimum Gasteiger partial charge on any atom is -0.378 e. The van der Waals surface area contributed by atoms with Gasteiger partial charge in [0.25, 0.3) is 0 Å². The Bertz CT molecular complexity index is 354. The smallest absolute Gasteiger partial charge is 0.0701 e. The van der Waals surface area contributed by atoms with Crippen molar-refractivity contribution in [3.05, 3.63) is 0 Å². The summed E-state index contributed by atoms with van der Waals surface area (Å²) in [5.41, 5.74) is 0. The zero-order chi connectivity index (χ0) is 23.1. The van der Waals surface area contributed by atoms with E-state index in [-0.39, 0.29) is 0 Å². The molecule has 2 aliphatic heterocycles. The first kappa shape index (κ1) is 28.8. The summed E-state index contributed by atoms with van der Waals surface area (Å²) in [6, 6.07) is 0. The van der Waals surface area contributed by atoms with Gasteiger partial charge in [-0.1, -0.05) is 0 Å². The van der Waals surface area contributed by atoms with Crippen molar-refractivity contribution >= 4 is 0 Å². The molecule has 0 N–H and O–H groups in total. The largest absolute Gasteiger partial charge is 0.378 e. The summed E-state index contributed by atoms with van der Waals surface area (Å²) in [6.07, 6.45) is 1.07. The number of hydrogen-bond donors (Lipinski definition) is 0. The lowest BCUT2D eigenvalue weighted by molar-refractivity contribution is 0.00206. The lowest BCUT2D eigenvalue weighted by atomic mass is 10.3. The van der Waals surface area contributed by atoms with Gasteiger partial charge in [-0.2, -0.15) is 0 Å². The third-order valence-electron chi connectivity index (χ3n) is 5.39. The van der Waals surface area contributed by atoms with Crippen molar-refractivity contribution < 1.29 is 37.9 Å². The SMILES string of the molecule is C(CN1CCOCCOCCOCCOCC1)CN1CCOCCOCCOCCOCC1. The van der Waals surface area contributed by atoms with Crippen molar-refractivity contribution in [3.63, 3.8) is 0 Å². The van der Waals surface area contributed by atoms with Crippen LogP contribution in [0.4, 0.5) is 0 Å². The maximum absolute atomic E-state index is 5.73. The molecule has 33 heavy (non-hydrogen) atoms. The monoisotopic (exact) mass is 478 g/mol. The highest BCUT2D eigenvalue weighted by molar-refractivity contribution is 4.63. The van der Waals surface area contributed by atoms with Crippen molar-refractivity contribution in [1.29, 1.82) is 0 Å². The van der Waals surface area contributed by atoms with Gasteiger partial charge in [0, 0.05) is 26.2 Å². The van der Waals surface area contributed by atoms with Crippen molar-refractivity contribution in [2.45, 2.75) is 6.42 Å². The molecule has 0 radical (unpaired) electrons. The van der Waals surface area contributed by atoms with Crippen LogP contribution in [0.25, 0.3) is 0 Å². The average Bonchev–Trinajstić information content (AvgIpc) is 2.84. The summed E-state index contributed by atoms with van der Waals surface area (Å²) in [4.78, 5) is 4.83. The van der Waals surface area contributed by atoms with Crippen molar-refractivity contribution in [2.75, 3.05) is 145 Å². The predicted octanol–water partition coefficient (Wildman–Crippen LogP) is 0.141. The molecule has 0 unspecified atom stereocenters. The second kappa shape index (κ2) is 22.1. The highest BCUT2D eigenvalue weighted by Gasteiger charge is 2.10. The molecule has 0 saturated carbocycles. The summed E-state index contributed by atoms with van der Waals surface area (Å²) in [5, 5.41) is 0. The zero-order valence-electron chi connectivity index (χ0n) is 20.4. The third kappa shape index (κ3) is 17.7. The topological polar surface area (TPSA) is 80.3 Å². The second-order valence-electron chi connectivity index (χ2n) is 7.94. The number of nitrogens with zero attached hydrogens (tertiary/aromatic N) is 2. The molecule has 10 heteroatoms. The van der Waals surface area contributed by atoms with E-state index in [0.29, 0.717) is 106 Å². The van der Waals surface area contributed by atoms with Crippen LogP contribution in [-0.4, -0.2) is 155 Å². The van der Waals surface area contributed by atoms with E-state index >= 15 is 0 Å². The summed E-state index contributed by atoms with van der Waals surface area (Å²) < 4.78 is 44.9. The standard InChI is InChI=1S/C23H46N2O8/c1(2-24-4-8-26-12-16-30-20-21-31-17-13-27-9-5-24)3-25-6-10-28-14-18-32-22-23-33-19-15-29-11-7-25/h1-23H2. The quantitative estimate of drug-likeness (QED) is 0.557. The van der Waals surface area contributed by atoms with Crippen LogP contribution in [-0.2, 0) is 37.9 Å². The number of hydrogen-bond acceptors (Lipinski definition) is 10. The Morgan fingerprint density at radius 3 is 0.758 bits per heavy atom. The maximum atomic E-state index is 5.73. The molecule has 0 aromatic carbocycles. The summed E-state index contributed by atoms with van der Waals surface area (Å²) >= 11 is 0. The van der Waals surface area contributed by atoms with E-state index in [2.05, 4.69) is 9.80 Å². The van der Waals surface area contributed by atoms with Gasteiger partial charge in [0.15, 0.2) is 0 Å². The minimum atomic E-state index is 0.601. The number of ether oxygens (including phenoxy) is 8. The summed E-state index contributed by atoms with van der Waals surface area (Å²) in [7, 11) is 0. The molecule has 0 aromatic heterocycles. The lowest BCUT2D eigenvalue weighted by Gasteiger charge is -2.26. The molecule has 2 saturated heterocycles. The molecule has 2 heterocycles. The fourth-order valence-electron chi connectivity index (χ4n) is 3.49. The minimum absolute atomic E-state index is 0.601. The highest BCUT2D eigenvalue weighted by atomic mass is 16.6. The van der Waals surface area contributed by atoms with E-state index in [1.165, 1.54) is 0 Å². The van der Waals surface area contributed by atoms with Crippen molar-refractivity contribution in [2.24, 2.45) is 0 Å². The molecule has 196 valence electrons. The summed E-state index contributed by atoms with van der Waals surface area (Å²) in [5.74, 6) is 0. The zero-order valence-corrected chi connectivity index (χ0v) is 20.4. The Labute approximate surface area is 199 Å². The van der Waals surface area contributed by atoms with Gasteiger partial charge in [0.1, 0.15) is 0 Å². The van der Waals surface area contributed by atoms with Crippen molar-refractivity contribution in [1.82, 2.24) is 9.80 Å². The molecule has 0 aromatic rings. The van der Waals surface area contributed by atoms with E-state index in [9.17, 15) is 0 Å². The van der Waals surface area contributed by atoms with E-state index in [1.54, 1.807) is 0 Å². The molecule has 0 atom stereocenters. The normalized spacial score (nSPS) is 24.7. The average molecular weight is 479 g/mol. The van der Waals surface area contributed by atoms with E-state index in [0.717, 1.165) is 45.7 Å². The first-order valence-electron chi connectivity index (χ1n) is 12.5. The van der Waals surface area contributed by atoms with Crippen LogP contribution in [0.2, 0.25) is 0 Å². The Morgan fingerprint density at radius 1 is 0.303 bits per heavy atom. The van der Waals surface area contributed by atoms with Crippen LogP contribution in [0.15, 0.2) is 0 Å². The molecular weight excluding hydrogens is 432 g/mol. The fraction of sp³-hybridized carbons (Fsp3) is 1.00. The maximum Gasteiger partial charge on any atom is 0.0701 e. The molecule has 2 aliphatic rings. The van der Waals surface area contributed by atoms with Gasteiger partial charge >= 0.3 is 0 Å². The van der Waals surface area contributed by atoms with Crippen molar-refractivity contribution in [3.8, 4) is 0 Å². The molecule has 0 bridgehead atoms. The van der Waals surface area contributed by atoms with E-state index < -0.39 is 0 Å². The van der Waals surface area contributed by atoms with Gasteiger partial charge in [-0.25, -0.2) is 0 Å². The van der Waals surface area contributed by atoms with Gasteiger partial charge in [-0.3, -0.25) is 9.80 Å². The molecule has 10 nitrogen and oxygen atoms in total. The second-order valence-corrected chi connectivity index (χ2v) is 7.94. The first-order chi connectivity index (χ1) is 16.4. The van der Waals surface area contributed by atoms with Gasteiger partial charge in [-0.15, -0.1) is 0 Å². The van der Waals surface area contributed by atoms with Gasteiger partial charge in [0.05, 0.1) is 106 Å². The highest BCUT2D eigenvalue weighted by Crippen LogP contribution is 1.99. The fourth-order valence-corrected chi connectivity index (χ4v) is 3.49. The Kier molecular flexibility index (Phi) is 19.3. The molecule has 2 fully saturated rings. The predicted molar refractivity (Wildman–Crippen MR) is 124 cm³/mol. The van der Waals surface area contributed by atoms with Gasteiger partial charge in [-0.05, 0) is 19.5 Å². The molecule has 0 amide bonds. The Hall–Kier alpha value is -0.400. The molecule has 0 aliphatic carbocycles. The van der Waals surface area contributed by atoms with Gasteiger partial charge in [0.2, 0.25) is 0 Å². The summed E-state index contributed by atoms with van der Waals surface area (Å²) in [6.45, 7) is 15.7. The van der Waals surface area contributed by atoms with Crippen LogP contribution in [0.3, 0.4) is 0 Å². The van der Waals surface area contributed by atoms with Crippen LogP contribution in [0, 0.1) is 0 Å². The van der Waals surface area contributed by atoms with Crippen LogP contribution >= 0.6 is 0 Å². The number of rotatable bonds is 4. The van der Waals surface area contributed by atoms with Gasteiger partial charge < -0.3 is 37.9 Å². The molecule has 2 rings (SSSR count). The lowest BCUT2D eigenvalue weighted by Crippen LogP contribution is -2.36. The van der Waals surface area contributed by atoms with E-state index in [4.69, 9.17) is 37.9 Å². The third-order valence-corrected chi connectivity index (χ3v) is 5.39. The Morgan fingerprint density at radius 2 is 0.515 bits per heavy atom.